The molecule has 2 N–H and O–H groups in total. The van der Waals surface area contributed by atoms with Gasteiger partial charge in [-0.15, -0.1) is 0 Å². The Labute approximate surface area is 126 Å². The molecule has 0 bridgehead atoms. The average molecular weight is 287 g/mol. The lowest BCUT2D eigenvalue weighted by Crippen LogP contribution is -2.46. The largest absolute Gasteiger partial charge is 0.343 e. The van der Waals surface area contributed by atoms with Gasteiger partial charge in [-0.25, -0.2) is 0 Å². The minimum Gasteiger partial charge on any atom is -0.343 e. The number of hydrogen-bond donors (Lipinski definition) is 1. The second kappa shape index (κ2) is 6.58. The monoisotopic (exact) mass is 287 g/mol. The number of fused-ring (bicyclic) bond motifs is 1. The van der Waals surface area contributed by atoms with Crippen molar-refractivity contribution in [2.45, 2.75) is 38.3 Å². The van der Waals surface area contributed by atoms with E-state index in [4.69, 9.17) is 5.73 Å². The third kappa shape index (κ3) is 3.27. The fraction of sp³-hybridized carbons (Fsp3) is 0.588. The maximum atomic E-state index is 12.3. The highest BCUT2D eigenvalue weighted by Gasteiger charge is 2.27. The molecule has 4 nitrogen and oxygen atoms in total. The Morgan fingerprint density at radius 3 is 2.57 bits per heavy atom. The zero-order valence-electron chi connectivity index (χ0n) is 12.6. The summed E-state index contributed by atoms with van der Waals surface area (Å²) in [5, 5.41) is 0. The standard InChI is InChI=1S/C17H25N3O/c18-12-16(11-17(21)19-8-3-4-9-19)20-10-7-14-5-1-2-6-15(14)13-20/h1-2,5-6,16H,3-4,7-13,18H2. The maximum absolute atomic E-state index is 12.3. The predicted octanol–water partition coefficient (Wildman–Crippen LogP) is 1.38. The number of benzene rings is 1. The van der Waals surface area contributed by atoms with Crippen LogP contribution in [0.25, 0.3) is 0 Å². The molecule has 1 fully saturated rings. The Morgan fingerprint density at radius 1 is 1.14 bits per heavy atom. The summed E-state index contributed by atoms with van der Waals surface area (Å²) in [7, 11) is 0. The van der Waals surface area contributed by atoms with Crippen LogP contribution < -0.4 is 5.73 Å². The van der Waals surface area contributed by atoms with Crippen molar-refractivity contribution in [3.05, 3.63) is 35.4 Å². The summed E-state index contributed by atoms with van der Waals surface area (Å²) >= 11 is 0. The molecule has 1 atom stereocenters. The molecule has 0 spiro atoms. The van der Waals surface area contributed by atoms with Gasteiger partial charge in [0, 0.05) is 45.2 Å². The summed E-state index contributed by atoms with van der Waals surface area (Å²) in [5.41, 5.74) is 8.78. The molecule has 3 rings (SSSR count). The molecule has 4 heteroatoms. The Morgan fingerprint density at radius 2 is 1.86 bits per heavy atom. The summed E-state index contributed by atoms with van der Waals surface area (Å²) in [4.78, 5) is 16.7. The van der Waals surface area contributed by atoms with Crippen LogP contribution in [-0.2, 0) is 17.8 Å². The minimum atomic E-state index is 0.173. The molecule has 2 heterocycles. The van der Waals surface area contributed by atoms with Gasteiger partial charge in [0.1, 0.15) is 0 Å². The molecule has 2 aliphatic heterocycles. The first-order valence-electron chi connectivity index (χ1n) is 8.06. The van der Waals surface area contributed by atoms with Crippen LogP contribution in [0, 0.1) is 0 Å². The summed E-state index contributed by atoms with van der Waals surface area (Å²) in [6.45, 7) is 4.34. The molecule has 21 heavy (non-hydrogen) atoms. The molecule has 1 saturated heterocycles. The lowest BCUT2D eigenvalue weighted by molar-refractivity contribution is -0.131. The van der Waals surface area contributed by atoms with E-state index in [-0.39, 0.29) is 11.9 Å². The molecule has 0 aromatic heterocycles. The van der Waals surface area contributed by atoms with Crippen molar-refractivity contribution < 1.29 is 4.79 Å². The molecule has 1 aromatic carbocycles. The van der Waals surface area contributed by atoms with E-state index in [1.54, 1.807) is 0 Å². The van der Waals surface area contributed by atoms with E-state index in [9.17, 15) is 4.79 Å². The van der Waals surface area contributed by atoms with Crippen LogP contribution in [0.4, 0.5) is 0 Å². The van der Waals surface area contributed by atoms with Crippen molar-refractivity contribution in [1.82, 2.24) is 9.80 Å². The van der Waals surface area contributed by atoms with E-state index in [2.05, 4.69) is 29.2 Å². The Balaban J connectivity index is 1.63. The van der Waals surface area contributed by atoms with Gasteiger partial charge in [-0.3, -0.25) is 9.69 Å². The zero-order chi connectivity index (χ0) is 14.7. The molecule has 1 unspecified atom stereocenters. The van der Waals surface area contributed by atoms with Crippen LogP contribution in [0.2, 0.25) is 0 Å². The highest BCUT2D eigenvalue weighted by atomic mass is 16.2. The molecular weight excluding hydrogens is 262 g/mol. The van der Waals surface area contributed by atoms with Gasteiger partial charge in [-0.2, -0.15) is 0 Å². The lowest BCUT2D eigenvalue weighted by atomic mass is 9.98. The van der Waals surface area contributed by atoms with Crippen LogP contribution >= 0.6 is 0 Å². The molecular formula is C17H25N3O. The summed E-state index contributed by atoms with van der Waals surface area (Å²) in [5.74, 6) is 0.279. The number of likely N-dealkylation sites (tertiary alicyclic amines) is 1. The van der Waals surface area contributed by atoms with Crippen molar-refractivity contribution in [3.63, 3.8) is 0 Å². The number of carbonyl (C=O) groups excluding carboxylic acids is 1. The third-order valence-electron chi connectivity index (χ3n) is 4.82. The second-order valence-electron chi connectivity index (χ2n) is 6.17. The van der Waals surface area contributed by atoms with E-state index in [0.717, 1.165) is 45.4 Å². The number of rotatable bonds is 4. The first-order valence-corrected chi connectivity index (χ1v) is 8.06. The normalized spacial score (nSPS) is 20.3. The fourth-order valence-corrected chi connectivity index (χ4v) is 3.49. The van der Waals surface area contributed by atoms with Crippen LogP contribution in [0.5, 0.6) is 0 Å². The average Bonchev–Trinajstić information content (AvgIpc) is 3.06. The van der Waals surface area contributed by atoms with E-state index in [1.165, 1.54) is 11.1 Å². The minimum absolute atomic E-state index is 0.173. The number of nitrogens with two attached hydrogens (primary N) is 1. The Hall–Kier alpha value is -1.39. The van der Waals surface area contributed by atoms with Crippen LogP contribution in [0.15, 0.2) is 24.3 Å². The summed E-state index contributed by atoms with van der Waals surface area (Å²) < 4.78 is 0. The van der Waals surface area contributed by atoms with Gasteiger partial charge < -0.3 is 10.6 Å². The molecule has 114 valence electrons. The van der Waals surface area contributed by atoms with E-state index in [1.807, 2.05) is 4.90 Å². The van der Waals surface area contributed by atoms with Crippen LogP contribution in [0.3, 0.4) is 0 Å². The molecule has 2 aliphatic rings. The van der Waals surface area contributed by atoms with Crippen molar-refractivity contribution in [3.8, 4) is 0 Å². The van der Waals surface area contributed by atoms with Crippen molar-refractivity contribution >= 4 is 5.91 Å². The topological polar surface area (TPSA) is 49.6 Å². The first-order chi connectivity index (χ1) is 10.3. The van der Waals surface area contributed by atoms with Crippen LogP contribution in [0.1, 0.15) is 30.4 Å². The first kappa shape index (κ1) is 14.5. The molecule has 0 aliphatic carbocycles. The summed E-state index contributed by atoms with van der Waals surface area (Å²) in [6, 6.07) is 8.77. The number of nitrogens with zero attached hydrogens (tertiary/aromatic N) is 2. The Kier molecular flexibility index (Phi) is 4.56. The third-order valence-corrected chi connectivity index (χ3v) is 4.82. The SMILES string of the molecule is NCC(CC(=O)N1CCCC1)N1CCc2ccccc2C1. The van der Waals surface area contributed by atoms with E-state index in [0.29, 0.717) is 13.0 Å². The van der Waals surface area contributed by atoms with Crippen molar-refractivity contribution in [2.24, 2.45) is 5.73 Å². The van der Waals surface area contributed by atoms with Crippen LogP contribution in [-0.4, -0.2) is 47.9 Å². The highest BCUT2D eigenvalue weighted by molar-refractivity contribution is 5.77. The van der Waals surface area contributed by atoms with E-state index >= 15 is 0 Å². The predicted molar refractivity (Wildman–Crippen MR) is 83.8 cm³/mol. The van der Waals surface area contributed by atoms with Gasteiger partial charge in [0.15, 0.2) is 0 Å². The number of hydrogen-bond acceptors (Lipinski definition) is 3. The zero-order valence-corrected chi connectivity index (χ0v) is 12.6. The second-order valence-corrected chi connectivity index (χ2v) is 6.17. The Bertz CT molecular complexity index is 497. The summed E-state index contributed by atoms with van der Waals surface area (Å²) in [6.07, 6.45) is 3.93. The fourth-order valence-electron chi connectivity index (χ4n) is 3.49. The van der Waals surface area contributed by atoms with Gasteiger partial charge >= 0.3 is 0 Å². The number of amides is 1. The molecule has 1 aromatic rings. The quantitative estimate of drug-likeness (QED) is 0.910. The molecule has 0 radical (unpaired) electrons. The smallest absolute Gasteiger partial charge is 0.224 e. The lowest BCUT2D eigenvalue weighted by Gasteiger charge is -2.35. The maximum Gasteiger partial charge on any atom is 0.224 e. The van der Waals surface area contributed by atoms with Gasteiger partial charge in [0.2, 0.25) is 5.91 Å². The number of carbonyl (C=O) groups is 1. The van der Waals surface area contributed by atoms with Gasteiger partial charge in [-0.05, 0) is 30.4 Å². The highest BCUT2D eigenvalue weighted by Crippen LogP contribution is 2.22. The van der Waals surface area contributed by atoms with Crippen molar-refractivity contribution in [2.75, 3.05) is 26.2 Å². The van der Waals surface area contributed by atoms with Gasteiger partial charge in [-0.1, -0.05) is 24.3 Å². The van der Waals surface area contributed by atoms with Gasteiger partial charge in [0.05, 0.1) is 0 Å². The van der Waals surface area contributed by atoms with Gasteiger partial charge in [0.25, 0.3) is 0 Å². The molecule has 0 saturated carbocycles. The van der Waals surface area contributed by atoms with Crippen molar-refractivity contribution in [1.29, 1.82) is 0 Å². The molecule has 1 amide bonds. The van der Waals surface area contributed by atoms with E-state index < -0.39 is 0 Å².